The third kappa shape index (κ3) is 4.94. The van der Waals surface area contributed by atoms with Crippen molar-refractivity contribution in [2.24, 2.45) is 0 Å². The van der Waals surface area contributed by atoms with E-state index < -0.39 is 5.63 Å². The number of rotatable bonds is 7. The molecule has 3 aromatic rings. The number of carbonyl (C=O) groups excluding carboxylic acids is 1. The Kier molecular flexibility index (Phi) is 5.86. The van der Waals surface area contributed by atoms with Crippen molar-refractivity contribution in [2.45, 2.75) is 26.3 Å². The minimum Gasteiger partial charge on any atom is -0.484 e. The molecule has 1 aromatic heterocycles. The zero-order valence-electron chi connectivity index (χ0n) is 15.0. The molecule has 0 aliphatic heterocycles. The Hall–Kier alpha value is -3.15. The fourth-order valence-corrected chi connectivity index (χ4v) is 2.78. The summed E-state index contributed by atoms with van der Waals surface area (Å²) < 4.78 is 23.6. The van der Waals surface area contributed by atoms with Crippen LogP contribution in [0.1, 0.15) is 24.5 Å². The first-order chi connectivity index (χ1) is 13.0. The van der Waals surface area contributed by atoms with E-state index in [0.29, 0.717) is 11.3 Å². The average molecular weight is 369 g/mol. The van der Waals surface area contributed by atoms with E-state index in [1.54, 1.807) is 24.3 Å². The van der Waals surface area contributed by atoms with Crippen LogP contribution < -0.4 is 15.7 Å². The summed E-state index contributed by atoms with van der Waals surface area (Å²) in [7, 11) is 0. The van der Waals surface area contributed by atoms with Crippen molar-refractivity contribution in [3.63, 3.8) is 0 Å². The third-order valence-corrected chi connectivity index (χ3v) is 4.09. The largest absolute Gasteiger partial charge is 0.484 e. The zero-order valence-corrected chi connectivity index (χ0v) is 15.0. The third-order valence-electron chi connectivity index (χ3n) is 4.09. The molecule has 1 amide bonds. The molecule has 0 fully saturated rings. The second-order valence-corrected chi connectivity index (χ2v) is 6.19. The van der Waals surface area contributed by atoms with Crippen molar-refractivity contribution in [1.29, 1.82) is 0 Å². The van der Waals surface area contributed by atoms with Gasteiger partial charge in [-0.05, 0) is 41.8 Å². The van der Waals surface area contributed by atoms with E-state index in [4.69, 9.17) is 9.15 Å². The Morgan fingerprint density at radius 1 is 1.15 bits per heavy atom. The van der Waals surface area contributed by atoms with Crippen LogP contribution in [0.5, 0.6) is 5.75 Å². The monoisotopic (exact) mass is 369 g/mol. The highest BCUT2D eigenvalue weighted by Crippen LogP contribution is 2.23. The number of ether oxygens (including phenoxy) is 1. The minimum atomic E-state index is -0.403. The molecule has 5 nitrogen and oxygen atoms in total. The fourth-order valence-electron chi connectivity index (χ4n) is 2.78. The summed E-state index contributed by atoms with van der Waals surface area (Å²) in [6.45, 7) is 2.16. The van der Waals surface area contributed by atoms with Gasteiger partial charge in [-0.2, -0.15) is 0 Å². The van der Waals surface area contributed by atoms with Gasteiger partial charge in [0, 0.05) is 24.1 Å². The van der Waals surface area contributed by atoms with Gasteiger partial charge in [0.25, 0.3) is 5.91 Å². The van der Waals surface area contributed by atoms with Gasteiger partial charge in [-0.15, -0.1) is 0 Å². The van der Waals surface area contributed by atoms with Crippen molar-refractivity contribution >= 4 is 16.9 Å². The summed E-state index contributed by atoms with van der Waals surface area (Å²) in [4.78, 5) is 23.6. The van der Waals surface area contributed by atoms with Crippen LogP contribution in [0.15, 0.2) is 57.7 Å². The summed E-state index contributed by atoms with van der Waals surface area (Å²) in [5, 5.41) is 3.57. The second-order valence-electron chi connectivity index (χ2n) is 6.19. The number of amides is 1. The van der Waals surface area contributed by atoms with Gasteiger partial charge >= 0.3 is 5.63 Å². The van der Waals surface area contributed by atoms with Gasteiger partial charge in [0.05, 0.1) is 0 Å². The van der Waals surface area contributed by atoms with Crippen LogP contribution >= 0.6 is 0 Å². The van der Waals surface area contributed by atoms with Gasteiger partial charge in [-0.3, -0.25) is 4.79 Å². The number of carbonyl (C=O) groups is 1. The maximum absolute atomic E-state index is 12.9. The van der Waals surface area contributed by atoms with E-state index >= 15 is 0 Å². The molecule has 1 heterocycles. The topological polar surface area (TPSA) is 68.5 Å². The molecule has 1 N–H and O–H groups in total. The van der Waals surface area contributed by atoms with Crippen molar-refractivity contribution in [3.8, 4) is 5.75 Å². The molecular weight excluding hydrogens is 349 g/mol. The smallest absolute Gasteiger partial charge is 0.336 e. The molecule has 0 bridgehead atoms. The average Bonchev–Trinajstić information content (AvgIpc) is 2.65. The number of aryl methyl sites for hydroxylation is 1. The molecule has 0 saturated heterocycles. The quantitative estimate of drug-likeness (QED) is 0.647. The van der Waals surface area contributed by atoms with Crippen molar-refractivity contribution in [2.75, 3.05) is 6.61 Å². The molecule has 0 spiro atoms. The molecule has 0 radical (unpaired) electrons. The number of halogens is 1. The molecule has 27 heavy (non-hydrogen) atoms. The van der Waals surface area contributed by atoms with E-state index in [2.05, 4.69) is 5.32 Å². The van der Waals surface area contributed by atoms with Crippen molar-refractivity contribution in [1.82, 2.24) is 5.32 Å². The Labute approximate surface area is 155 Å². The van der Waals surface area contributed by atoms with Crippen LogP contribution in [0, 0.1) is 5.82 Å². The first-order valence-electron chi connectivity index (χ1n) is 8.76. The van der Waals surface area contributed by atoms with Gasteiger partial charge < -0.3 is 14.5 Å². The Balaban J connectivity index is 1.61. The number of fused-ring (bicyclic) bond motifs is 1. The molecule has 0 aliphatic carbocycles. The number of benzene rings is 2. The van der Waals surface area contributed by atoms with E-state index in [1.165, 1.54) is 18.2 Å². The van der Waals surface area contributed by atoms with Gasteiger partial charge in [0.2, 0.25) is 0 Å². The predicted molar refractivity (Wildman–Crippen MR) is 100 cm³/mol. The van der Waals surface area contributed by atoms with Crippen LogP contribution in [0.2, 0.25) is 0 Å². The normalized spacial score (nSPS) is 10.7. The summed E-state index contributed by atoms with van der Waals surface area (Å²) >= 11 is 0. The lowest BCUT2D eigenvalue weighted by molar-refractivity contribution is -0.123. The second kappa shape index (κ2) is 8.49. The number of hydrogen-bond acceptors (Lipinski definition) is 4. The van der Waals surface area contributed by atoms with E-state index in [1.807, 2.05) is 13.0 Å². The fraction of sp³-hybridized carbons (Fsp3) is 0.238. The maximum atomic E-state index is 12.9. The summed E-state index contributed by atoms with van der Waals surface area (Å²) in [5.41, 5.74) is 1.77. The summed E-state index contributed by atoms with van der Waals surface area (Å²) in [6, 6.07) is 12.6. The highest BCUT2D eigenvalue weighted by molar-refractivity contribution is 5.82. The van der Waals surface area contributed by atoms with Gasteiger partial charge in [0.1, 0.15) is 17.1 Å². The van der Waals surface area contributed by atoms with E-state index in [0.717, 1.165) is 29.4 Å². The zero-order chi connectivity index (χ0) is 19.2. The van der Waals surface area contributed by atoms with Crippen molar-refractivity contribution < 1.29 is 18.3 Å². The predicted octanol–water partition coefficient (Wildman–Crippen LogP) is 3.58. The van der Waals surface area contributed by atoms with Gasteiger partial charge in [-0.25, -0.2) is 9.18 Å². The van der Waals surface area contributed by atoms with Crippen LogP contribution in [0.3, 0.4) is 0 Å². The molecule has 0 atom stereocenters. The van der Waals surface area contributed by atoms with E-state index in [9.17, 15) is 14.0 Å². The van der Waals surface area contributed by atoms with Crippen molar-refractivity contribution in [3.05, 3.63) is 75.9 Å². The molecule has 0 unspecified atom stereocenters. The summed E-state index contributed by atoms with van der Waals surface area (Å²) in [5.74, 6) is -0.185. The highest BCUT2D eigenvalue weighted by atomic mass is 19.1. The van der Waals surface area contributed by atoms with Crippen LogP contribution in [0.4, 0.5) is 4.39 Å². The lowest BCUT2D eigenvalue weighted by atomic mass is 10.1. The molecule has 2 aromatic carbocycles. The molecular formula is C21H20FNO4. The first kappa shape index (κ1) is 18.6. The Morgan fingerprint density at radius 3 is 2.67 bits per heavy atom. The molecule has 0 aliphatic rings. The maximum Gasteiger partial charge on any atom is 0.336 e. The molecule has 140 valence electrons. The lowest BCUT2D eigenvalue weighted by Gasteiger charge is -2.09. The number of nitrogens with one attached hydrogen (secondary N) is 1. The molecule has 3 rings (SSSR count). The molecule has 0 saturated carbocycles. The lowest BCUT2D eigenvalue weighted by Crippen LogP contribution is -2.28. The highest BCUT2D eigenvalue weighted by Gasteiger charge is 2.08. The standard InChI is InChI=1S/C21H20FNO4/c1-2-3-15-10-21(25)27-19-11-17(8-9-18(15)19)26-13-20(24)23-12-14-4-6-16(22)7-5-14/h4-11H,2-3,12-13H2,1H3,(H,23,24). The van der Waals surface area contributed by atoms with E-state index in [-0.39, 0.29) is 24.9 Å². The van der Waals surface area contributed by atoms with Crippen LogP contribution in [-0.2, 0) is 17.8 Å². The van der Waals surface area contributed by atoms with Gasteiger partial charge in [0.15, 0.2) is 6.61 Å². The van der Waals surface area contributed by atoms with Crippen LogP contribution in [-0.4, -0.2) is 12.5 Å². The van der Waals surface area contributed by atoms with Crippen LogP contribution in [0.25, 0.3) is 11.0 Å². The Morgan fingerprint density at radius 2 is 1.93 bits per heavy atom. The van der Waals surface area contributed by atoms with Gasteiger partial charge in [-0.1, -0.05) is 25.5 Å². The minimum absolute atomic E-state index is 0.175. The SMILES string of the molecule is CCCc1cc(=O)oc2cc(OCC(=O)NCc3ccc(F)cc3)ccc12. The summed E-state index contributed by atoms with van der Waals surface area (Å²) in [6.07, 6.45) is 1.71. The molecule has 6 heteroatoms. The number of hydrogen-bond donors (Lipinski definition) is 1. The Bertz CT molecular complexity index is 995. The first-order valence-corrected chi connectivity index (χ1v) is 8.76.